The molecular formula is C18H17FN2. The molecule has 0 amide bonds. The lowest BCUT2D eigenvalue weighted by atomic mass is 9.99. The molecule has 0 aliphatic carbocycles. The van der Waals surface area contributed by atoms with Gasteiger partial charge in [0.05, 0.1) is 5.52 Å². The maximum Gasteiger partial charge on any atom is 0.130 e. The molecule has 0 saturated carbocycles. The van der Waals surface area contributed by atoms with Crippen molar-refractivity contribution in [3.63, 3.8) is 0 Å². The Kier molecular flexibility index (Phi) is 3.67. The van der Waals surface area contributed by atoms with Gasteiger partial charge >= 0.3 is 0 Å². The first kappa shape index (κ1) is 13.7. The molecule has 3 heteroatoms. The number of hydrogen-bond acceptors (Lipinski definition) is 2. The van der Waals surface area contributed by atoms with Crippen LogP contribution in [0.1, 0.15) is 22.9 Å². The average Bonchev–Trinajstić information content (AvgIpc) is 2.50. The minimum Gasteiger partial charge on any atom is -0.324 e. The summed E-state index contributed by atoms with van der Waals surface area (Å²) in [5.74, 6) is -0.217. The summed E-state index contributed by atoms with van der Waals surface area (Å²) in [7, 11) is 0. The van der Waals surface area contributed by atoms with E-state index in [-0.39, 0.29) is 5.82 Å². The highest BCUT2D eigenvalue weighted by Crippen LogP contribution is 2.21. The Hall–Kier alpha value is -2.26. The molecule has 0 aliphatic rings. The van der Waals surface area contributed by atoms with E-state index < -0.39 is 6.04 Å². The smallest absolute Gasteiger partial charge is 0.130 e. The van der Waals surface area contributed by atoms with E-state index in [0.717, 1.165) is 16.6 Å². The molecule has 0 fully saturated rings. The molecule has 1 atom stereocenters. The molecule has 1 unspecified atom stereocenters. The molecule has 106 valence electrons. The topological polar surface area (TPSA) is 38.9 Å². The number of pyridine rings is 1. The lowest BCUT2D eigenvalue weighted by Gasteiger charge is -2.14. The number of halogens is 1. The van der Waals surface area contributed by atoms with Gasteiger partial charge in [0.2, 0.25) is 0 Å². The summed E-state index contributed by atoms with van der Waals surface area (Å²) in [6, 6.07) is 16.8. The number of benzene rings is 2. The van der Waals surface area contributed by atoms with Crippen LogP contribution in [0, 0.1) is 12.7 Å². The first-order valence-corrected chi connectivity index (χ1v) is 7.00. The van der Waals surface area contributed by atoms with Crippen LogP contribution in [-0.2, 0) is 6.42 Å². The SMILES string of the molecule is Cc1cccc(C(N)Cc2ccc3ccccc3n2)c1F. The van der Waals surface area contributed by atoms with Crippen molar-refractivity contribution in [2.75, 3.05) is 0 Å². The van der Waals surface area contributed by atoms with Crippen LogP contribution in [0.25, 0.3) is 10.9 Å². The third-order valence-electron chi connectivity index (χ3n) is 3.71. The fraction of sp³-hybridized carbons (Fsp3) is 0.167. The van der Waals surface area contributed by atoms with E-state index in [9.17, 15) is 4.39 Å². The monoisotopic (exact) mass is 280 g/mol. The zero-order valence-corrected chi connectivity index (χ0v) is 11.9. The summed E-state index contributed by atoms with van der Waals surface area (Å²) in [6.07, 6.45) is 0.519. The molecule has 2 N–H and O–H groups in total. The third-order valence-corrected chi connectivity index (χ3v) is 3.71. The summed E-state index contributed by atoms with van der Waals surface area (Å²) in [5.41, 5.74) is 9.14. The summed E-state index contributed by atoms with van der Waals surface area (Å²) in [4.78, 5) is 4.59. The quantitative estimate of drug-likeness (QED) is 0.789. The Labute approximate surface area is 123 Å². The normalized spacial score (nSPS) is 12.5. The summed E-state index contributed by atoms with van der Waals surface area (Å²) >= 11 is 0. The van der Waals surface area contributed by atoms with Gasteiger partial charge in [-0.05, 0) is 24.6 Å². The number of aryl methyl sites for hydroxylation is 1. The first-order chi connectivity index (χ1) is 10.1. The predicted molar refractivity (Wildman–Crippen MR) is 83.5 cm³/mol. The lowest BCUT2D eigenvalue weighted by Crippen LogP contribution is -2.16. The minimum atomic E-state index is -0.390. The van der Waals surface area contributed by atoms with E-state index in [2.05, 4.69) is 4.98 Å². The van der Waals surface area contributed by atoms with Gasteiger partial charge < -0.3 is 5.73 Å². The fourth-order valence-corrected chi connectivity index (χ4v) is 2.51. The zero-order chi connectivity index (χ0) is 14.8. The fourth-order valence-electron chi connectivity index (χ4n) is 2.51. The summed E-state index contributed by atoms with van der Waals surface area (Å²) in [5, 5.41) is 1.09. The van der Waals surface area contributed by atoms with Crippen molar-refractivity contribution < 1.29 is 4.39 Å². The number of fused-ring (bicyclic) bond motifs is 1. The van der Waals surface area contributed by atoms with Gasteiger partial charge in [0.15, 0.2) is 0 Å². The van der Waals surface area contributed by atoms with Crippen LogP contribution in [0.4, 0.5) is 4.39 Å². The van der Waals surface area contributed by atoms with Crippen molar-refractivity contribution in [1.82, 2.24) is 4.98 Å². The van der Waals surface area contributed by atoms with Gasteiger partial charge in [0.1, 0.15) is 5.82 Å². The van der Waals surface area contributed by atoms with Gasteiger partial charge in [-0.15, -0.1) is 0 Å². The molecule has 3 aromatic rings. The molecule has 0 spiro atoms. The number of nitrogens with zero attached hydrogens (tertiary/aromatic N) is 1. The molecule has 0 bridgehead atoms. The lowest BCUT2D eigenvalue weighted by molar-refractivity contribution is 0.571. The zero-order valence-electron chi connectivity index (χ0n) is 11.9. The molecule has 2 aromatic carbocycles. The highest BCUT2D eigenvalue weighted by Gasteiger charge is 2.14. The average molecular weight is 280 g/mol. The standard InChI is InChI=1S/C18H17FN2/c1-12-5-4-7-15(18(12)19)16(20)11-14-10-9-13-6-2-3-8-17(13)21-14/h2-10,16H,11,20H2,1H3. The van der Waals surface area contributed by atoms with E-state index in [0.29, 0.717) is 17.5 Å². The van der Waals surface area contributed by atoms with E-state index in [4.69, 9.17) is 5.73 Å². The van der Waals surface area contributed by atoms with Crippen LogP contribution in [-0.4, -0.2) is 4.98 Å². The molecule has 1 heterocycles. The summed E-state index contributed by atoms with van der Waals surface area (Å²) < 4.78 is 14.1. The van der Waals surface area contributed by atoms with Gasteiger partial charge in [-0.2, -0.15) is 0 Å². The molecule has 0 aliphatic heterocycles. The van der Waals surface area contributed by atoms with E-state index >= 15 is 0 Å². The van der Waals surface area contributed by atoms with E-state index in [1.54, 1.807) is 19.1 Å². The second kappa shape index (κ2) is 5.62. The highest BCUT2D eigenvalue weighted by atomic mass is 19.1. The van der Waals surface area contributed by atoms with Crippen LogP contribution in [0.5, 0.6) is 0 Å². The maximum absolute atomic E-state index is 14.1. The predicted octanol–water partition coefficient (Wildman–Crippen LogP) is 3.92. The molecule has 2 nitrogen and oxygen atoms in total. The third kappa shape index (κ3) is 2.78. The Bertz CT molecular complexity index is 783. The van der Waals surface area contributed by atoms with Crippen LogP contribution in [0.2, 0.25) is 0 Å². The molecular weight excluding hydrogens is 263 g/mol. The number of nitrogens with two attached hydrogens (primary N) is 1. The van der Waals surface area contributed by atoms with Crippen molar-refractivity contribution in [2.45, 2.75) is 19.4 Å². The van der Waals surface area contributed by atoms with Crippen molar-refractivity contribution in [3.05, 3.63) is 77.2 Å². The second-order valence-corrected chi connectivity index (χ2v) is 5.28. The first-order valence-electron chi connectivity index (χ1n) is 7.00. The van der Waals surface area contributed by atoms with E-state index in [1.807, 2.05) is 42.5 Å². The molecule has 1 aromatic heterocycles. The maximum atomic E-state index is 14.1. The van der Waals surface area contributed by atoms with Crippen LogP contribution >= 0.6 is 0 Å². The molecule has 3 rings (SSSR count). The molecule has 0 radical (unpaired) electrons. The summed E-state index contributed by atoms with van der Waals surface area (Å²) in [6.45, 7) is 1.75. The Morgan fingerprint density at radius 1 is 1.05 bits per heavy atom. The van der Waals surface area contributed by atoms with Gasteiger partial charge in [-0.25, -0.2) is 4.39 Å². The number of hydrogen-bond donors (Lipinski definition) is 1. The Morgan fingerprint density at radius 3 is 2.71 bits per heavy atom. The van der Waals surface area contributed by atoms with E-state index in [1.165, 1.54) is 0 Å². The minimum absolute atomic E-state index is 0.217. The number of aromatic nitrogens is 1. The van der Waals surface area contributed by atoms with Crippen LogP contribution in [0.15, 0.2) is 54.6 Å². The number of rotatable bonds is 3. The van der Waals surface area contributed by atoms with Gasteiger partial charge in [0.25, 0.3) is 0 Å². The van der Waals surface area contributed by atoms with Crippen LogP contribution in [0.3, 0.4) is 0 Å². The second-order valence-electron chi connectivity index (χ2n) is 5.28. The van der Waals surface area contributed by atoms with Crippen molar-refractivity contribution in [2.24, 2.45) is 5.73 Å². The van der Waals surface area contributed by atoms with Crippen LogP contribution < -0.4 is 5.73 Å². The Balaban J connectivity index is 1.89. The number of para-hydroxylation sites is 1. The van der Waals surface area contributed by atoms with Gasteiger partial charge in [-0.1, -0.05) is 42.5 Å². The van der Waals surface area contributed by atoms with Crippen molar-refractivity contribution in [1.29, 1.82) is 0 Å². The molecule has 0 saturated heterocycles. The Morgan fingerprint density at radius 2 is 1.86 bits per heavy atom. The van der Waals surface area contributed by atoms with Crippen molar-refractivity contribution in [3.8, 4) is 0 Å². The molecule has 21 heavy (non-hydrogen) atoms. The largest absolute Gasteiger partial charge is 0.324 e. The van der Waals surface area contributed by atoms with Crippen molar-refractivity contribution >= 4 is 10.9 Å². The highest BCUT2D eigenvalue weighted by molar-refractivity contribution is 5.78. The van der Waals surface area contributed by atoms with Gasteiger partial charge in [0, 0.05) is 29.1 Å². The van der Waals surface area contributed by atoms with Gasteiger partial charge in [-0.3, -0.25) is 4.98 Å².